The summed E-state index contributed by atoms with van der Waals surface area (Å²) in [6, 6.07) is 8.38. The SMILES string of the molecule is O=S(=O)(NCc1cccnc1-n1cncn1)c1cccc2nsnc12. The molecule has 1 aromatic carbocycles. The first-order valence-corrected chi connectivity index (χ1v) is 9.36. The summed E-state index contributed by atoms with van der Waals surface area (Å²) in [5, 5.41) is 4.03. The Morgan fingerprint density at radius 3 is 2.92 bits per heavy atom. The zero-order chi connectivity index (χ0) is 17.3. The predicted octanol–water partition coefficient (Wildman–Crippen LogP) is 1.15. The van der Waals surface area contributed by atoms with Gasteiger partial charge in [0, 0.05) is 18.3 Å². The van der Waals surface area contributed by atoms with E-state index in [2.05, 4.69) is 28.5 Å². The second-order valence-corrected chi connectivity index (χ2v) is 7.30. The molecule has 4 aromatic rings. The maximum Gasteiger partial charge on any atom is 0.243 e. The van der Waals surface area contributed by atoms with Crippen LogP contribution in [-0.2, 0) is 16.6 Å². The number of pyridine rings is 1. The van der Waals surface area contributed by atoms with Crippen molar-refractivity contribution >= 4 is 32.8 Å². The van der Waals surface area contributed by atoms with Crippen LogP contribution in [0.3, 0.4) is 0 Å². The largest absolute Gasteiger partial charge is 0.243 e. The average molecular weight is 373 g/mol. The Labute approximate surface area is 146 Å². The van der Waals surface area contributed by atoms with E-state index in [1.54, 1.807) is 30.5 Å². The number of hydrogen-bond acceptors (Lipinski definition) is 8. The minimum Gasteiger partial charge on any atom is -0.237 e. The fourth-order valence-electron chi connectivity index (χ4n) is 2.34. The summed E-state index contributed by atoms with van der Waals surface area (Å²) >= 11 is 0.978. The first-order chi connectivity index (χ1) is 12.1. The van der Waals surface area contributed by atoms with E-state index in [0.29, 0.717) is 22.4 Å². The molecule has 4 rings (SSSR count). The van der Waals surface area contributed by atoms with Crippen molar-refractivity contribution in [1.29, 1.82) is 0 Å². The molecule has 11 heteroatoms. The Bertz CT molecular complexity index is 1120. The highest BCUT2D eigenvalue weighted by Gasteiger charge is 2.20. The van der Waals surface area contributed by atoms with Gasteiger partial charge in [-0.1, -0.05) is 12.1 Å². The highest BCUT2D eigenvalue weighted by Crippen LogP contribution is 2.21. The second-order valence-electron chi connectivity index (χ2n) is 5.04. The highest BCUT2D eigenvalue weighted by molar-refractivity contribution is 7.89. The monoisotopic (exact) mass is 373 g/mol. The lowest BCUT2D eigenvalue weighted by atomic mass is 10.2. The van der Waals surface area contributed by atoms with Crippen LogP contribution in [0.25, 0.3) is 16.9 Å². The summed E-state index contributed by atoms with van der Waals surface area (Å²) in [7, 11) is -3.76. The van der Waals surface area contributed by atoms with Gasteiger partial charge in [0.05, 0.1) is 11.7 Å². The molecule has 0 amide bonds. The van der Waals surface area contributed by atoms with Gasteiger partial charge in [-0.3, -0.25) is 0 Å². The van der Waals surface area contributed by atoms with E-state index in [1.165, 1.54) is 23.4 Å². The summed E-state index contributed by atoms with van der Waals surface area (Å²) in [6.45, 7) is 0.0549. The van der Waals surface area contributed by atoms with E-state index in [0.717, 1.165) is 11.7 Å². The van der Waals surface area contributed by atoms with Gasteiger partial charge < -0.3 is 0 Å². The van der Waals surface area contributed by atoms with Crippen molar-refractivity contribution in [2.75, 3.05) is 0 Å². The van der Waals surface area contributed by atoms with Crippen LogP contribution in [0, 0.1) is 0 Å². The van der Waals surface area contributed by atoms with Crippen molar-refractivity contribution < 1.29 is 8.42 Å². The highest BCUT2D eigenvalue weighted by atomic mass is 32.2. The van der Waals surface area contributed by atoms with E-state index in [4.69, 9.17) is 0 Å². The van der Waals surface area contributed by atoms with Crippen molar-refractivity contribution in [3.63, 3.8) is 0 Å². The van der Waals surface area contributed by atoms with Crippen LogP contribution in [0.1, 0.15) is 5.56 Å². The third-order valence-electron chi connectivity index (χ3n) is 3.49. The molecule has 0 unspecified atom stereocenters. The van der Waals surface area contributed by atoms with Gasteiger partial charge >= 0.3 is 0 Å². The molecule has 0 saturated heterocycles. The molecule has 0 spiro atoms. The van der Waals surface area contributed by atoms with Crippen LogP contribution in [0.2, 0.25) is 0 Å². The van der Waals surface area contributed by atoms with Gasteiger partial charge in [0.2, 0.25) is 10.0 Å². The summed E-state index contributed by atoms with van der Waals surface area (Å²) in [4.78, 5) is 8.23. The van der Waals surface area contributed by atoms with E-state index in [9.17, 15) is 8.42 Å². The number of nitrogens with zero attached hydrogens (tertiary/aromatic N) is 6. The van der Waals surface area contributed by atoms with Gasteiger partial charge in [-0.15, -0.1) is 0 Å². The van der Waals surface area contributed by atoms with Gasteiger partial charge in [0.25, 0.3) is 0 Å². The molecule has 25 heavy (non-hydrogen) atoms. The molecule has 1 N–H and O–H groups in total. The molecular weight excluding hydrogens is 362 g/mol. The fourth-order valence-corrected chi connectivity index (χ4v) is 4.11. The van der Waals surface area contributed by atoms with Crippen molar-refractivity contribution in [3.8, 4) is 5.82 Å². The molecule has 0 radical (unpaired) electrons. The molecule has 3 aromatic heterocycles. The quantitative estimate of drug-likeness (QED) is 0.558. The molecule has 126 valence electrons. The Morgan fingerprint density at radius 1 is 1.16 bits per heavy atom. The minimum atomic E-state index is -3.76. The first-order valence-electron chi connectivity index (χ1n) is 7.15. The summed E-state index contributed by atoms with van der Waals surface area (Å²) < 4.78 is 37.6. The Hall–Kier alpha value is -2.76. The molecule has 9 nitrogen and oxygen atoms in total. The lowest BCUT2D eigenvalue weighted by Gasteiger charge is -2.10. The zero-order valence-electron chi connectivity index (χ0n) is 12.6. The van der Waals surface area contributed by atoms with Crippen LogP contribution >= 0.6 is 11.7 Å². The Kier molecular flexibility index (Phi) is 3.95. The van der Waals surface area contributed by atoms with Crippen LogP contribution in [0.4, 0.5) is 0 Å². The lowest BCUT2D eigenvalue weighted by Crippen LogP contribution is -2.24. The maximum atomic E-state index is 12.7. The molecule has 0 aliphatic heterocycles. The third-order valence-corrected chi connectivity index (χ3v) is 5.47. The van der Waals surface area contributed by atoms with Gasteiger partial charge in [0.15, 0.2) is 5.82 Å². The van der Waals surface area contributed by atoms with Gasteiger partial charge in [-0.05, 0) is 18.2 Å². The number of fused-ring (bicyclic) bond motifs is 1. The number of sulfonamides is 1. The maximum absolute atomic E-state index is 12.7. The minimum absolute atomic E-state index is 0.0549. The summed E-state index contributed by atoms with van der Waals surface area (Å²) in [5.41, 5.74) is 1.58. The molecule has 0 atom stereocenters. The van der Waals surface area contributed by atoms with Crippen LogP contribution in [-0.4, -0.2) is 36.9 Å². The third kappa shape index (κ3) is 2.99. The van der Waals surface area contributed by atoms with Gasteiger partial charge in [0.1, 0.15) is 28.6 Å². The van der Waals surface area contributed by atoms with Crippen molar-refractivity contribution in [2.45, 2.75) is 11.4 Å². The topological polar surface area (TPSA) is 116 Å². The molecule has 0 aliphatic carbocycles. The molecule has 0 saturated carbocycles. The van der Waals surface area contributed by atoms with E-state index < -0.39 is 10.0 Å². The van der Waals surface area contributed by atoms with Crippen LogP contribution < -0.4 is 4.72 Å². The van der Waals surface area contributed by atoms with Crippen molar-refractivity contribution in [2.24, 2.45) is 0 Å². The number of aromatic nitrogens is 6. The molecular formula is C14H11N7O2S2. The van der Waals surface area contributed by atoms with E-state index >= 15 is 0 Å². The van der Waals surface area contributed by atoms with Crippen molar-refractivity contribution in [3.05, 3.63) is 54.7 Å². The normalized spacial score (nSPS) is 11.8. The smallest absolute Gasteiger partial charge is 0.237 e. The standard InChI is InChI=1S/C14H11N7O2S2/c22-25(23,12-5-1-4-11-13(12)20-24-19-11)18-7-10-3-2-6-16-14(10)21-9-15-8-17-21/h1-6,8-9,18H,7H2. The predicted molar refractivity (Wildman–Crippen MR) is 90.6 cm³/mol. The summed E-state index contributed by atoms with van der Waals surface area (Å²) in [6.07, 6.45) is 4.50. The number of benzene rings is 1. The van der Waals surface area contributed by atoms with E-state index in [-0.39, 0.29) is 11.4 Å². The molecule has 0 aliphatic rings. The summed E-state index contributed by atoms with van der Waals surface area (Å²) in [5.74, 6) is 0.510. The molecule has 0 fully saturated rings. The first kappa shape index (κ1) is 15.7. The van der Waals surface area contributed by atoms with Crippen LogP contribution in [0.5, 0.6) is 0 Å². The molecule has 3 heterocycles. The average Bonchev–Trinajstić information content (AvgIpc) is 3.31. The molecule has 0 bridgehead atoms. The van der Waals surface area contributed by atoms with E-state index in [1.807, 2.05) is 0 Å². The number of nitrogens with one attached hydrogen (secondary N) is 1. The number of hydrogen-bond donors (Lipinski definition) is 1. The van der Waals surface area contributed by atoms with Crippen LogP contribution in [0.15, 0.2) is 54.1 Å². The fraction of sp³-hybridized carbons (Fsp3) is 0.0714. The zero-order valence-corrected chi connectivity index (χ0v) is 14.3. The Balaban J connectivity index is 1.65. The Morgan fingerprint density at radius 2 is 2.08 bits per heavy atom. The van der Waals surface area contributed by atoms with Gasteiger partial charge in [-0.2, -0.15) is 13.8 Å². The second kappa shape index (κ2) is 6.27. The van der Waals surface area contributed by atoms with Gasteiger partial charge in [-0.25, -0.2) is 27.8 Å². The van der Waals surface area contributed by atoms with Crippen molar-refractivity contribution in [1.82, 2.24) is 33.2 Å². The lowest BCUT2D eigenvalue weighted by molar-refractivity contribution is 0.581. The number of rotatable bonds is 5.